The average molecular weight is 388 g/mol. The number of halogens is 2. The van der Waals surface area contributed by atoms with E-state index in [0.717, 1.165) is 0 Å². The van der Waals surface area contributed by atoms with E-state index < -0.39 is 11.8 Å². The lowest BCUT2D eigenvalue weighted by Gasteiger charge is -2.15. The van der Waals surface area contributed by atoms with E-state index in [-0.39, 0.29) is 16.5 Å². The maximum absolute atomic E-state index is 13.3. The van der Waals surface area contributed by atoms with Crippen molar-refractivity contribution >= 4 is 39.8 Å². The Labute approximate surface area is 160 Å². The molecule has 0 atom stereocenters. The maximum Gasteiger partial charge on any atom is 0.323 e. The number of aromatic nitrogens is 1. The second-order valence-corrected chi connectivity index (χ2v) is 7.05. The van der Waals surface area contributed by atoms with Gasteiger partial charge in [0.2, 0.25) is 0 Å². The molecule has 0 radical (unpaired) electrons. The summed E-state index contributed by atoms with van der Waals surface area (Å²) >= 11 is 5.74. The van der Waals surface area contributed by atoms with Gasteiger partial charge >= 0.3 is 6.03 Å². The van der Waals surface area contributed by atoms with E-state index in [9.17, 15) is 14.0 Å². The van der Waals surface area contributed by atoms with Gasteiger partial charge in [-0.1, -0.05) is 43.6 Å². The van der Waals surface area contributed by atoms with Crippen molar-refractivity contribution in [2.45, 2.75) is 20.4 Å². The summed E-state index contributed by atoms with van der Waals surface area (Å²) in [6.45, 7) is 4.56. The molecule has 0 unspecified atom stereocenters. The smallest absolute Gasteiger partial charge is 0.313 e. The summed E-state index contributed by atoms with van der Waals surface area (Å²) in [4.78, 5) is 25.0. The second kappa shape index (κ2) is 7.80. The van der Waals surface area contributed by atoms with Gasteiger partial charge in [0.1, 0.15) is 5.82 Å². The van der Waals surface area contributed by atoms with E-state index in [2.05, 4.69) is 10.6 Å². The van der Waals surface area contributed by atoms with Crippen LogP contribution in [0.2, 0.25) is 5.02 Å². The van der Waals surface area contributed by atoms with Gasteiger partial charge in [0, 0.05) is 29.2 Å². The largest absolute Gasteiger partial charge is 0.323 e. The lowest BCUT2D eigenvalue weighted by Crippen LogP contribution is -2.25. The molecule has 2 aromatic carbocycles. The normalized spacial score (nSPS) is 11.0. The minimum Gasteiger partial charge on any atom is -0.313 e. The molecule has 27 heavy (non-hydrogen) atoms. The number of nitrogens with one attached hydrogen (secondary N) is 2. The van der Waals surface area contributed by atoms with E-state index in [0.29, 0.717) is 28.7 Å². The molecule has 0 fully saturated rings. The van der Waals surface area contributed by atoms with Gasteiger partial charge in [-0.25, -0.2) is 9.18 Å². The zero-order chi connectivity index (χ0) is 19.6. The predicted octanol–water partition coefficient (Wildman–Crippen LogP) is 5.09. The van der Waals surface area contributed by atoms with E-state index in [1.807, 2.05) is 13.8 Å². The second-order valence-electron chi connectivity index (χ2n) is 6.65. The number of carbonyl (C=O) groups is 1. The zero-order valence-electron chi connectivity index (χ0n) is 14.9. The van der Waals surface area contributed by atoms with Crippen LogP contribution in [-0.4, -0.2) is 10.6 Å². The van der Waals surface area contributed by atoms with Crippen LogP contribution in [0.1, 0.15) is 13.8 Å². The summed E-state index contributed by atoms with van der Waals surface area (Å²) < 4.78 is 14.8. The van der Waals surface area contributed by atoms with Crippen molar-refractivity contribution in [3.8, 4) is 0 Å². The number of hydrogen-bond acceptors (Lipinski definition) is 2. The van der Waals surface area contributed by atoms with Crippen LogP contribution in [-0.2, 0) is 6.54 Å². The van der Waals surface area contributed by atoms with Crippen LogP contribution in [0.4, 0.5) is 20.6 Å². The highest BCUT2D eigenvalue weighted by molar-refractivity contribution is 6.31. The molecule has 7 heteroatoms. The molecule has 0 aliphatic rings. The van der Waals surface area contributed by atoms with E-state index in [1.54, 1.807) is 35.0 Å². The first-order chi connectivity index (χ1) is 12.8. The maximum atomic E-state index is 13.3. The number of pyridine rings is 1. The summed E-state index contributed by atoms with van der Waals surface area (Å²) in [5.74, 6) is -0.290. The molecule has 2 amide bonds. The Balaban J connectivity index is 1.93. The molecule has 0 aliphatic heterocycles. The summed E-state index contributed by atoms with van der Waals surface area (Å²) in [6, 6.07) is 10.5. The molecule has 0 spiro atoms. The van der Waals surface area contributed by atoms with Crippen molar-refractivity contribution in [1.29, 1.82) is 0 Å². The van der Waals surface area contributed by atoms with Crippen molar-refractivity contribution in [2.75, 3.05) is 10.6 Å². The Morgan fingerprint density at radius 3 is 2.52 bits per heavy atom. The van der Waals surface area contributed by atoms with Crippen molar-refractivity contribution in [2.24, 2.45) is 5.92 Å². The molecule has 3 aromatic rings. The highest BCUT2D eigenvalue weighted by atomic mass is 35.5. The SMILES string of the molecule is CC(C)Cn1cc(NC(=O)Nc2ccc(F)c(Cl)c2)c2ccccc2c1=O. The lowest BCUT2D eigenvalue weighted by molar-refractivity contribution is 0.262. The van der Waals surface area contributed by atoms with Gasteiger partial charge in [0.15, 0.2) is 0 Å². The monoisotopic (exact) mass is 387 g/mol. The topological polar surface area (TPSA) is 63.1 Å². The highest BCUT2D eigenvalue weighted by Crippen LogP contribution is 2.22. The molecular formula is C20H19ClFN3O2. The van der Waals surface area contributed by atoms with Crippen molar-refractivity contribution in [3.05, 3.63) is 69.9 Å². The number of fused-ring (bicyclic) bond motifs is 1. The first-order valence-corrected chi connectivity index (χ1v) is 8.88. The summed E-state index contributed by atoms with van der Waals surface area (Å²) in [7, 11) is 0. The molecule has 1 aromatic heterocycles. The molecule has 0 aliphatic carbocycles. The number of carbonyl (C=O) groups excluding carboxylic acids is 1. The number of benzene rings is 2. The van der Waals surface area contributed by atoms with Crippen LogP contribution >= 0.6 is 11.6 Å². The van der Waals surface area contributed by atoms with Gasteiger partial charge in [-0.3, -0.25) is 4.79 Å². The standard InChI is InChI=1S/C20H19ClFN3O2/c1-12(2)10-25-11-18(14-5-3-4-6-15(14)19(25)26)24-20(27)23-13-7-8-17(22)16(21)9-13/h3-9,11-12H,10H2,1-2H3,(H2,23,24,27). The number of hydrogen-bond donors (Lipinski definition) is 2. The first kappa shape index (κ1) is 18.9. The van der Waals surface area contributed by atoms with Gasteiger partial charge in [-0.15, -0.1) is 0 Å². The third-order valence-electron chi connectivity index (χ3n) is 3.98. The summed E-state index contributed by atoms with van der Waals surface area (Å²) in [5, 5.41) is 6.47. The molecule has 0 bridgehead atoms. The molecule has 2 N–H and O–H groups in total. The minimum atomic E-state index is -0.561. The molecule has 0 saturated heterocycles. The van der Waals surface area contributed by atoms with Crippen molar-refractivity contribution < 1.29 is 9.18 Å². The number of rotatable bonds is 4. The lowest BCUT2D eigenvalue weighted by atomic mass is 10.1. The first-order valence-electron chi connectivity index (χ1n) is 8.50. The molecule has 140 valence electrons. The molecule has 0 saturated carbocycles. The van der Waals surface area contributed by atoms with Gasteiger partial charge in [-0.2, -0.15) is 0 Å². The van der Waals surface area contributed by atoms with E-state index in [4.69, 9.17) is 11.6 Å². The van der Waals surface area contributed by atoms with Crippen LogP contribution in [0.15, 0.2) is 53.5 Å². The summed E-state index contributed by atoms with van der Waals surface area (Å²) in [6.07, 6.45) is 1.64. The molecule has 5 nitrogen and oxygen atoms in total. The van der Waals surface area contributed by atoms with Crippen molar-refractivity contribution in [1.82, 2.24) is 4.57 Å². The summed E-state index contributed by atoms with van der Waals surface area (Å²) in [5.41, 5.74) is 0.769. The van der Waals surface area contributed by atoms with Gasteiger partial charge in [0.05, 0.1) is 10.7 Å². The molecular weight excluding hydrogens is 369 g/mol. The van der Waals surface area contributed by atoms with Crippen LogP contribution in [0.3, 0.4) is 0 Å². The number of anilines is 2. The Bertz CT molecular complexity index is 1060. The Morgan fingerprint density at radius 2 is 1.85 bits per heavy atom. The number of urea groups is 1. The third-order valence-corrected chi connectivity index (χ3v) is 4.27. The van der Waals surface area contributed by atoms with E-state index >= 15 is 0 Å². The minimum absolute atomic E-state index is 0.0799. The fourth-order valence-electron chi connectivity index (χ4n) is 2.83. The predicted molar refractivity (Wildman–Crippen MR) is 107 cm³/mol. The fraction of sp³-hybridized carbons (Fsp3) is 0.200. The van der Waals surface area contributed by atoms with Crippen LogP contribution in [0.5, 0.6) is 0 Å². The van der Waals surface area contributed by atoms with Crippen LogP contribution < -0.4 is 16.2 Å². The van der Waals surface area contributed by atoms with Gasteiger partial charge in [-0.05, 0) is 30.2 Å². The van der Waals surface area contributed by atoms with E-state index in [1.165, 1.54) is 18.2 Å². The fourth-order valence-corrected chi connectivity index (χ4v) is 3.01. The quantitative estimate of drug-likeness (QED) is 0.654. The van der Waals surface area contributed by atoms with Gasteiger partial charge < -0.3 is 15.2 Å². The van der Waals surface area contributed by atoms with Gasteiger partial charge in [0.25, 0.3) is 5.56 Å². The van der Waals surface area contributed by atoms with Crippen LogP contribution in [0.25, 0.3) is 10.8 Å². The average Bonchev–Trinajstić information content (AvgIpc) is 2.62. The molecule has 1 heterocycles. The van der Waals surface area contributed by atoms with Crippen molar-refractivity contribution in [3.63, 3.8) is 0 Å². The number of amides is 2. The third kappa shape index (κ3) is 4.28. The Kier molecular flexibility index (Phi) is 5.46. The number of nitrogens with zero attached hydrogens (tertiary/aromatic N) is 1. The Morgan fingerprint density at radius 1 is 1.15 bits per heavy atom. The Hall–Kier alpha value is -2.86. The molecule has 3 rings (SSSR count). The van der Waals surface area contributed by atoms with Crippen LogP contribution in [0, 0.1) is 11.7 Å². The zero-order valence-corrected chi connectivity index (χ0v) is 15.7. The highest BCUT2D eigenvalue weighted by Gasteiger charge is 2.12.